The Bertz CT molecular complexity index is 1250. The second-order valence-corrected chi connectivity index (χ2v) is 13.4. The van der Waals surface area contributed by atoms with Crippen molar-refractivity contribution in [3.05, 3.63) is 40.0 Å². The van der Waals surface area contributed by atoms with Crippen LogP contribution in [0.1, 0.15) is 68.1 Å². The fraction of sp³-hybridized carbons (Fsp3) is 0.615. The van der Waals surface area contributed by atoms with Gasteiger partial charge >= 0.3 is 6.18 Å². The Labute approximate surface area is 221 Å². The van der Waals surface area contributed by atoms with E-state index in [0.29, 0.717) is 42.8 Å². The number of aromatic nitrogens is 2. The molecule has 1 aliphatic rings. The number of benzene rings is 1. The van der Waals surface area contributed by atoms with Crippen molar-refractivity contribution in [2.75, 3.05) is 12.8 Å². The van der Waals surface area contributed by atoms with Crippen LogP contribution < -0.4 is 5.32 Å². The number of rotatable bonds is 8. The molecule has 3 rings (SSSR count). The van der Waals surface area contributed by atoms with Crippen molar-refractivity contribution < 1.29 is 26.4 Å². The molecular weight excluding hydrogens is 527 g/mol. The average Bonchev–Trinajstić information content (AvgIpc) is 3.12. The zero-order valence-corrected chi connectivity index (χ0v) is 23.4. The zero-order valence-electron chi connectivity index (χ0n) is 21.9. The predicted molar refractivity (Wildman–Crippen MR) is 140 cm³/mol. The fourth-order valence-electron chi connectivity index (χ4n) is 4.87. The molecular formula is C26H35ClF3N3O3S. The summed E-state index contributed by atoms with van der Waals surface area (Å²) in [4.78, 5) is 13.0. The molecule has 0 saturated heterocycles. The van der Waals surface area contributed by atoms with Gasteiger partial charge in [0.15, 0.2) is 5.69 Å². The number of hydrogen-bond donors (Lipinski definition) is 1. The highest BCUT2D eigenvalue weighted by atomic mass is 35.5. The van der Waals surface area contributed by atoms with Crippen LogP contribution in [-0.4, -0.2) is 48.3 Å². The highest BCUT2D eigenvalue weighted by Crippen LogP contribution is 2.41. The van der Waals surface area contributed by atoms with E-state index in [0.717, 1.165) is 18.4 Å². The van der Waals surface area contributed by atoms with Crippen molar-refractivity contribution in [2.24, 2.45) is 11.3 Å². The highest BCUT2D eigenvalue weighted by Gasteiger charge is 2.47. The number of carbonyl (C=O) groups is 1. The van der Waals surface area contributed by atoms with Gasteiger partial charge in [0.05, 0.1) is 21.4 Å². The Morgan fingerprint density at radius 2 is 1.81 bits per heavy atom. The fourth-order valence-corrected chi connectivity index (χ4v) is 6.32. The standard InChI is InChI=1S/C26H35ClF3N3O3S/c1-6-33-23(20-12-9-18(13-16(20)2)14-25(3,4)26(28,29)30)21(27)22(32-33)24(34)31-15-17-7-10-19(11-8-17)37(5,35)36/h9,12-13,17,19H,6-8,10-11,14-15H2,1-5H3,(H,31,34)/t17-,19-. The van der Waals surface area contributed by atoms with E-state index in [9.17, 15) is 26.4 Å². The van der Waals surface area contributed by atoms with Gasteiger partial charge in [0, 0.05) is 24.9 Å². The van der Waals surface area contributed by atoms with Gasteiger partial charge in [-0.1, -0.05) is 43.6 Å². The van der Waals surface area contributed by atoms with Crippen molar-refractivity contribution in [3.63, 3.8) is 0 Å². The lowest BCUT2D eigenvalue weighted by Crippen LogP contribution is -2.34. The molecule has 1 aromatic heterocycles. The Hall–Kier alpha value is -2.07. The Kier molecular flexibility index (Phi) is 8.74. The van der Waals surface area contributed by atoms with E-state index in [1.54, 1.807) is 29.8 Å². The first-order valence-electron chi connectivity index (χ1n) is 12.4. The number of hydrogen-bond acceptors (Lipinski definition) is 4. The number of alkyl halides is 3. The molecule has 1 saturated carbocycles. The minimum absolute atomic E-state index is 0.0880. The van der Waals surface area contributed by atoms with Crippen LogP contribution in [0.3, 0.4) is 0 Å². The minimum Gasteiger partial charge on any atom is -0.350 e. The average molecular weight is 562 g/mol. The summed E-state index contributed by atoms with van der Waals surface area (Å²) in [6.07, 6.45) is -0.596. The van der Waals surface area contributed by atoms with Gasteiger partial charge in [-0.15, -0.1) is 0 Å². The topological polar surface area (TPSA) is 81.1 Å². The third-order valence-electron chi connectivity index (χ3n) is 7.32. The van der Waals surface area contributed by atoms with Crippen LogP contribution in [0, 0.1) is 18.3 Å². The first-order valence-corrected chi connectivity index (χ1v) is 14.8. The monoisotopic (exact) mass is 561 g/mol. The quantitative estimate of drug-likeness (QED) is 0.429. The number of aryl methyl sites for hydroxylation is 2. The van der Waals surface area contributed by atoms with E-state index in [-0.39, 0.29) is 28.3 Å². The van der Waals surface area contributed by atoms with Gasteiger partial charge in [-0.25, -0.2) is 8.42 Å². The molecule has 0 aliphatic heterocycles. The Morgan fingerprint density at radius 1 is 1.19 bits per heavy atom. The molecule has 1 aliphatic carbocycles. The van der Waals surface area contributed by atoms with E-state index in [2.05, 4.69) is 10.4 Å². The largest absolute Gasteiger partial charge is 0.394 e. The molecule has 0 radical (unpaired) electrons. The Balaban J connectivity index is 1.76. The molecule has 0 unspecified atom stereocenters. The van der Waals surface area contributed by atoms with Crippen LogP contribution in [0.2, 0.25) is 5.02 Å². The molecule has 1 fully saturated rings. The lowest BCUT2D eigenvalue weighted by molar-refractivity contribution is -0.211. The normalized spacial score (nSPS) is 19.2. The first kappa shape index (κ1) is 29.5. The van der Waals surface area contributed by atoms with Crippen molar-refractivity contribution in [1.29, 1.82) is 0 Å². The van der Waals surface area contributed by atoms with Crippen LogP contribution in [0.15, 0.2) is 18.2 Å². The molecule has 11 heteroatoms. The third kappa shape index (κ3) is 6.69. The maximum atomic E-state index is 13.3. The second-order valence-electron chi connectivity index (χ2n) is 10.7. The summed E-state index contributed by atoms with van der Waals surface area (Å²) >= 11 is 6.65. The van der Waals surface area contributed by atoms with Gasteiger partial charge in [-0.3, -0.25) is 9.48 Å². The van der Waals surface area contributed by atoms with Gasteiger partial charge < -0.3 is 5.32 Å². The number of sulfone groups is 1. The highest BCUT2D eigenvalue weighted by molar-refractivity contribution is 7.91. The SMILES string of the molecule is CCn1nc(C(=O)NC[C@H]2CC[C@H](S(C)(=O)=O)CC2)c(Cl)c1-c1ccc(CC(C)(C)C(F)(F)F)cc1C. The third-order valence-corrected chi connectivity index (χ3v) is 9.36. The first-order chi connectivity index (χ1) is 17.0. The molecule has 6 nitrogen and oxygen atoms in total. The maximum absolute atomic E-state index is 13.3. The van der Waals surface area contributed by atoms with Crippen molar-refractivity contribution in [3.8, 4) is 11.3 Å². The second kappa shape index (κ2) is 11.0. The lowest BCUT2D eigenvalue weighted by Gasteiger charge is -2.28. The molecule has 0 spiro atoms. The number of nitrogens with zero attached hydrogens (tertiary/aromatic N) is 2. The zero-order chi connectivity index (χ0) is 27.8. The van der Waals surface area contributed by atoms with Gasteiger partial charge in [-0.2, -0.15) is 18.3 Å². The van der Waals surface area contributed by atoms with E-state index in [1.807, 2.05) is 6.92 Å². The number of nitrogens with one attached hydrogen (secondary N) is 1. The molecule has 2 aromatic rings. The summed E-state index contributed by atoms with van der Waals surface area (Å²) in [6, 6.07) is 5.11. The molecule has 1 aromatic carbocycles. The van der Waals surface area contributed by atoms with E-state index >= 15 is 0 Å². The van der Waals surface area contributed by atoms with Gasteiger partial charge in [-0.05, 0) is 63.0 Å². The molecule has 1 N–H and O–H groups in total. The van der Waals surface area contributed by atoms with Crippen molar-refractivity contribution in [2.45, 2.75) is 77.8 Å². The summed E-state index contributed by atoms with van der Waals surface area (Å²) in [6.45, 7) is 6.88. The molecule has 37 heavy (non-hydrogen) atoms. The predicted octanol–water partition coefficient (Wildman–Crippen LogP) is 6.00. The lowest BCUT2D eigenvalue weighted by atomic mass is 9.84. The van der Waals surface area contributed by atoms with Crippen LogP contribution in [0.5, 0.6) is 0 Å². The van der Waals surface area contributed by atoms with Crippen molar-refractivity contribution >= 4 is 27.3 Å². The minimum atomic E-state index is -4.32. The summed E-state index contributed by atoms with van der Waals surface area (Å²) in [7, 11) is -3.05. The molecule has 206 valence electrons. The summed E-state index contributed by atoms with van der Waals surface area (Å²) in [5.41, 5.74) is 0.768. The number of halogens is 4. The summed E-state index contributed by atoms with van der Waals surface area (Å²) in [5, 5.41) is 7.17. The van der Waals surface area contributed by atoms with Gasteiger partial charge in [0.25, 0.3) is 5.91 Å². The van der Waals surface area contributed by atoms with E-state index < -0.39 is 27.3 Å². The number of amides is 1. The van der Waals surface area contributed by atoms with Crippen molar-refractivity contribution in [1.82, 2.24) is 15.1 Å². The molecule has 1 heterocycles. The van der Waals surface area contributed by atoms with Crippen LogP contribution in [-0.2, 0) is 22.8 Å². The Morgan fingerprint density at radius 3 is 2.32 bits per heavy atom. The van der Waals surface area contributed by atoms with Gasteiger partial charge in [0.2, 0.25) is 0 Å². The van der Waals surface area contributed by atoms with E-state index in [1.165, 1.54) is 20.1 Å². The van der Waals surface area contributed by atoms with E-state index in [4.69, 9.17) is 11.6 Å². The summed E-state index contributed by atoms with van der Waals surface area (Å²) < 4.78 is 65.2. The molecule has 1 amide bonds. The van der Waals surface area contributed by atoms with Crippen LogP contribution in [0.4, 0.5) is 13.2 Å². The molecule has 0 bridgehead atoms. The van der Waals surface area contributed by atoms with Crippen LogP contribution in [0.25, 0.3) is 11.3 Å². The summed E-state index contributed by atoms with van der Waals surface area (Å²) in [5.74, 6) is -0.228. The van der Waals surface area contributed by atoms with Crippen LogP contribution >= 0.6 is 11.6 Å². The maximum Gasteiger partial charge on any atom is 0.394 e. The van der Waals surface area contributed by atoms with Gasteiger partial charge in [0.1, 0.15) is 9.84 Å². The number of carbonyl (C=O) groups excluding carboxylic acids is 1. The smallest absolute Gasteiger partial charge is 0.350 e. The molecule has 0 atom stereocenters.